The van der Waals surface area contributed by atoms with Gasteiger partial charge in [0.15, 0.2) is 0 Å². The maximum atomic E-state index is 16.0. The molecule has 0 atom stereocenters. The van der Waals surface area contributed by atoms with Gasteiger partial charge >= 0.3 is 12.3 Å². The number of halogens is 4. The summed E-state index contributed by atoms with van der Waals surface area (Å²) in [7, 11) is 0.134. The van der Waals surface area contributed by atoms with Crippen LogP contribution in [0.25, 0.3) is 11.1 Å². The van der Waals surface area contributed by atoms with Gasteiger partial charge < -0.3 is 34.2 Å². The third-order valence-corrected chi connectivity index (χ3v) is 10.8. The third-order valence-electron chi connectivity index (χ3n) is 9.14. The molecule has 2 fully saturated rings. The van der Waals surface area contributed by atoms with Gasteiger partial charge in [0, 0.05) is 83.1 Å². The van der Waals surface area contributed by atoms with Gasteiger partial charge in [-0.2, -0.15) is 13.2 Å². The van der Waals surface area contributed by atoms with E-state index in [4.69, 9.17) is 14.2 Å². The molecule has 54 heavy (non-hydrogen) atoms. The fraction of sp³-hybridized carbons (Fsp3) is 0.541. The standard InChI is InChI=1S/C37H49F4N7O5Si/c1-36(2,3)53-35(50)46(4)25-8-10-47(11-9-25)31-20-29(38)26(24-21-43-34(44-22-24)48-12-14-51-15-13-48)18-30(31)45-33(49)27-23-42-32(19-28(27)37(39,40)41)52-16-17-54(5,6)7/h18-23,25H,8-17H2,1-7H3,(H,45,49). The largest absolute Gasteiger partial charge is 0.478 e. The number of rotatable bonds is 10. The number of aromatic nitrogens is 3. The van der Waals surface area contributed by atoms with Gasteiger partial charge in [0.2, 0.25) is 11.8 Å². The van der Waals surface area contributed by atoms with Crippen molar-refractivity contribution in [1.29, 1.82) is 0 Å². The summed E-state index contributed by atoms with van der Waals surface area (Å²) in [6.45, 7) is 14.9. The Balaban J connectivity index is 1.45. The molecule has 2 saturated heterocycles. The lowest BCUT2D eigenvalue weighted by Gasteiger charge is -2.39. The molecule has 17 heteroatoms. The van der Waals surface area contributed by atoms with E-state index >= 15 is 4.39 Å². The Hall–Kier alpha value is -4.51. The fourth-order valence-corrected chi connectivity index (χ4v) is 6.81. The van der Waals surface area contributed by atoms with Gasteiger partial charge in [-0.3, -0.25) is 4.79 Å². The van der Waals surface area contributed by atoms with Crippen molar-refractivity contribution in [3.05, 3.63) is 53.7 Å². The third kappa shape index (κ3) is 10.6. The second kappa shape index (κ2) is 16.5. The van der Waals surface area contributed by atoms with E-state index < -0.39 is 48.8 Å². The first-order chi connectivity index (χ1) is 25.3. The summed E-state index contributed by atoms with van der Waals surface area (Å²) in [5.41, 5.74) is -1.90. The predicted octanol–water partition coefficient (Wildman–Crippen LogP) is 7.34. The van der Waals surface area contributed by atoms with Crippen LogP contribution in [0.4, 0.5) is 39.7 Å². The molecule has 0 saturated carbocycles. The zero-order valence-corrected chi connectivity index (χ0v) is 32.8. The summed E-state index contributed by atoms with van der Waals surface area (Å²) in [6.07, 6.45) is -0.603. The maximum Gasteiger partial charge on any atom is 0.417 e. The topological polar surface area (TPSA) is 122 Å². The van der Waals surface area contributed by atoms with Gasteiger partial charge in [0.25, 0.3) is 5.91 Å². The van der Waals surface area contributed by atoms with Gasteiger partial charge in [-0.25, -0.2) is 24.1 Å². The van der Waals surface area contributed by atoms with Crippen LogP contribution in [0, 0.1) is 5.82 Å². The molecule has 0 aliphatic carbocycles. The lowest BCUT2D eigenvalue weighted by molar-refractivity contribution is -0.138. The van der Waals surface area contributed by atoms with Crippen LogP contribution in [0.15, 0.2) is 36.8 Å². The number of carbonyl (C=O) groups excluding carboxylic acids is 2. The van der Waals surface area contributed by atoms with E-state index in [1.54, 1.807) is 32.7 Å². The molecule has 2 aliphatic heterocycles. The number of benzene rings is 1. The van der Waals surface area contributed by atoms with Gasteiger partial charge in [-0.1, -0.05) is 19.6 Å². The minimum Gasteiger partial charge on any atom is -0.478 e. The lowest BCUT2D eigenvalue weighted by Crippen LogP contribution is -2.47. The number of morpholine rings is 1. The van der Waals surface area contributed by atoms with Crippen LogP contribution in [0.5, 0.6) is 5.88 Å². The number of alkyl halides is 3. The number of hydrogen-bond acceptors (Lipinski definition) is 10. The Morgan fingerprint density at radius 2 is 1.61 bits per heavy atom. The molecule has 0 unspecified atom stereocenters. The van der Waals surface area contributed by atoms with Gasteiger partial charge in [-0.05, 0) is 51.8 Å². The van der Waals surface area contributed by atoms with Crippen molar-refractivity contribution in [1.82, 2.24) is 19.9 Å². The molecule has 4 heterocycles. The summed E-state index contributed by atoms with van der Waals surface area (Å²) < 4.78 is 75.7. The maximum absolute atomic E-state index is 16.0. The fourth-order valence-electron chi connectivity index (χ4n) is 6.09. The summed E-state index contributed by atoms with van der Waals surface area (Å²) in [6, 6.07) is 3.89. The van der Waals surface area contributed by atoms with Crippen molar-refractivity contribution in [2.24, 2.45) is 0 Å². The van der Waals surface area contributed by atoms with Gasteiger partial charge in [0.05, 0.1) is 42.3 Å². The normalized spacial score (nSPS) is 15.9. The van der Waals surface area contributed by atoms with E-state index in [-0.39, 0.29) is 35.5 Å². The van der Waals surface area contributed by atoms with Crippen molar-refractivity contribution >= 4 is 37.4 Å². The average Bonchev–Trinajstić information content (AvgIpc) is 3.10. The Morgan fingerprint density at radius 3 is 2.20 bits per heavy atom. The quantitative estimate of drug-likeness (QED) is 0.165. The highest BCUT2D eigenvalue weighted by atomic mass is 28.3. The summed E-state index contributed by atoms with van der Waals surface area (Å²) >= 11 is 0. The van der Waals surface area contributed by atoms with Crippen LogP contribution >= 0.6 is 0 Å². The number of carbonyl (C=O) groups is 2. The van der Waals surface area contributed by atoms with Gasteiger partial charge in [-0.15, -0.1) is 0 Å². The highest BCUT2D eigenvalue weighted by Crippen LogP contribution is 2.38. The molecular formula is C37H49F4N7O5Si. The molecule has 2 amide bonds. The van der Waals surface area contributed by atoms with Crippen LogP contribution in [0.3, 0.4) is 0 Å². The van der Waals surface area contributed by atoms with Crippen LogP contribution in [-0.4, -0.2) is 105 Å². The molecular weight excluding hydrogens is 727 g/mol. The Morgan fingerprint density at radius 1 is 0.963 bits per heavy atom. The second-order valence-corrected chi connectivity index (χ2v) is 21.3. The van der Waals surface area contributed by atoms with Crippen LogP contribution in [-0.2, 0) is 15.7 Å². The predicted molar refractivity (Wildman–Crippen MR) is 201 cm³/mol. The van der Waals surface area contributed by atoms with Crippen molar-refractivity contribution in [2.75, 3.05) is 68.2 Å². The van der Waals surface area contributed by atoms with E-state index in [9.17, 15) is 22.8 Å². The molecule has 1 N–H and O–H groups in total. The number of nitrogens with zero attached hydrogens (tertiary/aromatic N) is 6. The summed E-state index contributed by atoms with van der Waals surface area (Å²) in [5.74, 6) is -1.51. The zero-order valence-electron chi connectivity index (χ0n) is 31.8. The molecule has 2 aliphatic rings. The van der Waals surface area contributed by atoms with Crippen molar-refractivity contribution in [2.45, 2.75) is 77.1 Å². The van der Waals surface area contributed by atoms with Gasteiger partial charge in [0.1, 0.15) is 11.4 Å². The van der Waals surface area contributed by atoms with E-state index in [0.717, 1.165) is 12.3 Å². The van der Waals surface area contributed by atoms with Crippen LogP contribution < -0.4 is 19.9 Å². The van der Waals surface area contributed by atoms with Crippen molar-refractivity contribution in [3.8, 4) is 17.0 Å². The van der Waals surface area contributed by atoms with Crippen molar-refractivity contribution in [3.63, 3.8) is 0 Å². The first kappa shape index (κ1) is 40.7. The molecule has 0 bridgehead atoms. The van der Waals surface area contributed by atoms with Crippen LogP contribution in [0.2, 0.25) is 25.7 Å². The zero-order chi connectivity index (χ0) is 39.4. The van der Waals surface area contributed by atoms with E-state index in [2.05, 4.69) is 39.9 Å². The Bertz CT molecular complexity index is 1790. The minimum absolute atomic E-state index is 0.0439. The number of amides is 2. The molecule has 0 spiro atoms. The van der Waals surface area contributed by atoms with E-state index in [1.165, 1.54) is 24.5 Å². The lowest BCUT2D eigenvalue weighted by atomic mass is 10.0. The Labute approximate surface area is 314 Å². The summed E-state index contributed by atoms with van der Waals surface area (Å²) in [4.78, 5) is 44.7. The number of hydrogen-bond donors (Lipinski definition) is 1. The van der Waals surface area contributed by atoms with Crippen LogP contribution in [0.1, 0.15) is 49.5 Å². The monoisotopic (exact) mass is 775 g/mol. The first-order valence-corrected chi connectivity index (χ1v) is 21.7. The highest BCUT2D eigenvalue weighted by molar-refractivity contribution is 6.76. The number of ether oxygens (including phenoxy) is 3. The van der Waals surface area contributed by atoms with Crippen molar-refractivity contribution < 1.29 is 41.4 Å². The summed E-state index contributed by atoms with van der Waals surface area (Å²) in [5, 5.41) is 2.63. The smallest absolute Gasteiger partial charge is 0.417 e. The molecule has 12 nitrogen and oxygen atoms in total. The Kier molecular flexibility index (Phi) is 12.4. The molecule has 0 radical (unpaired) electrons. The molecule has 2 aromatic heterocycles. The molecule has 294 valence electrons. The first-order valence-electron chi connectivity index (χ1n) is 18.0. The van der Waals surface area contributed by atoms with E-state index in [1.807, 2.05) is 9.80 Å². The number of piperidine rings is 1. The SMILES string of the molecule is CN(C(=O)OC(C)(C)C)C1CCN(c2cc(F)c(-c3cnc(N4CCOCC4)nc3)cc2NC(=O)c2cnc(OCC[Si](C)(C)C)cc2C(F)(F)F)CC1. The highest BCUT2D eigenvalue weighted by Gasteiger charge is 2.37. The number of anilines is 3. The molecule has 1 aromatic carbocycles. The number of pyridine rings is 1. The average molecular weight is 776 g/mol. The molecule has 3 aromatic rings. The minimum atomic E-state index is -4.90. The molecule has 5 rings (SSSR count). The number of nitrogens with one attached hydrogen (secondary N) is 1. The second-order valence-electron chi connectivity index (χ2n) is 15.7. The van der Waals surface area contributed by atoms with E-state index in [0.29, 0.717) is 69.8 Å².